The SMILES string of the molecule is N[C@@H]1CN(C(=O)c2cc3c(cc2F)NC(=O)CC3)C[C@H]1c1ccccc1. The third kappa shape index (κ3) is 2.97. The third-order valence-corrected chi connectivity index (χ3v) is 5.20. The highest BCUT2D eigenvalue weighted by atomic mass is 19.1. The molecule has 4 rings (SSSR count). The van der Waals surface area contributed by atoms with Crippen molar-refractivity contribution in [1.29, 1.82) is 0 Å². The summed E-state index contributed by atoms with van der Waals surface area (Å²) in [5.41, 5.74) is 8.62. The van der Waals surface area contributed by atoms with Crippen LogP contribution in [0.4, 0.5) is 10.1 Å². The van der Waals surface area contributed by atoms with Crippen LogP contribution in [0.3, 0.4) is 0 Å². The lowest BCUT2D eigenvalue weighted by Gasteiger charge is -2.21. The van der Waals surface area contributed by atoms with Gasteiger partial charge in [-0.15, -0.1) is 0 Å². The number of likely N-dealkylation sites (tertiary alicyclic amines) is 1. The minimum Gasteiger partial charge on any atom is -0.336 e. The van der Waals surface area contributed by atoms with Gasteiger partial charge in [0.05, 0.1) is 5.56 Å². The zero-order chi connectivity index (χ0) is 18.3. The first kappa shape index (κ1) is 16.7. The van der Waals surface area contributed by atoms with E-state index < -0.39 is 5.82 Å². The molecule has 3 N–H and O–H groups in total. The Bertz CT molecular complexity index is 869. The van der Waals surface area contributed by atoms with E-state index in [9.17, 15) is 14.0 Å². The predicted molar refractivity (Wildman–Crippen MR) is 96.4 cm³/mol. The van der Waals surface area contributed by atoms with E-state index >= 15 is 0 Å². The number of nitrogens with zero attached hydrogens (tertiary/aromatic N) is 1. The van der Waals surface area contributed by atoms with Gasteiger partial charge in [-0.25, -0.2) is 4.39 Å². The molecular weight excluding hydrogens is 333 g/mol. The van der Waals surface area contributed by atoms with Gasteiger partial charge >= 0.3 is 0 Å². The second kappa shape index (κ2) is 6.53. The van der Waals surface area contributed by atoms with Gasteiger partial charge in [-0.3, -0.25) is 9.59 Å². The van der Waals surface area contributed by atoms with Gasteiger partial charge < -0.3 is 16.0 Å². The summed E-state index contributed by atoms with van der Waals surface area (Å²) in [6, 6.07) is 12.5. The van der Waals surface area contributed by atoms with Crippen molar-refractivity contribution in [2.75, 3.05) is 18.4 Å². The molecule has 5 nitrogen and oxygen atoms in total. The van der Waals surface area contributed by atoms with E-state index in [-0.39, 0.29) is 29.3 Å². The number of carbonyl (C=O) groups is 2. The quantitative estimate of drug-likeness (QED) is 0.870. The maximum absolute atomic E-state index is 14.5. The van der Waals surface area contributed by atoms with Crippen molar-refractivity contribution in [2.45, 2.75) is 24.8 Å². The largest absolute Gasteiger partial charge is 0.336 e. The van der Waals surface area contributed by atoms with Gasteiger partial charge in [0.2, 0.25) is 5.91 Å². The van der Waals surface area contributed by atoms with Crippen LogP contribution in [0.15, 0.2) is 42.5 Å². The molecule has 0 unspecified atom stereocenters. The van der Waals surface area contributed by atoms with Gasteiger partial charge in [0.25, 0.3) is 5.91 Å². The van der Waals surface area contributed by atoms with Crippen molar-refractivity contribution in [3.8, 4) is 0 Å². The first-order chi connectivity index (χ1) is 12.5. The summed E-state index contributed by atoms with van der Waals surface area (Å²) in [6.45, 7) is 0.864. The van der Waals surface area contributed by atoms with Gasteiger partial charge in [-0.05, 0) is 29.7 Å². The Hall–Kier alpha value is -2.73. The summed E-state index contributed by atoms with van der Waals surface area (Å²) in [6.07, 6.45) is 0.852. The van der Waals surface area contributed by atoms with Crippen LogP contribution in [0, 0.1) is 5.82 Å². The van der Waals surface area contributed by atoms with Gasteiger partial charge in [-0.1, -0.05) is 30.3 Å². The first-order valence-electron chi connectivity index (χ1n) is 8.75. The number of fused-ring (bicyclic) bond motifs is 1. The number of benzene rings is 2. The van der Waals surface area contributed by atoms with Crippen molar-refractivity contribution < 1.29 is 14.0 Å². The van der Waals surface area contributed by atoms with Gasteiger partial charge in [0, 0.05) is 37.2 Å². The Morgan fingerprint density at radius 2 is 1.92 bits per heavy atom. The summed E-state index contributed by atoms with van der Waals surface area (Å²) >= 11 is 0. The van der Waals surface area contributed by atoms with Crippen molar-refractivity contribution in [3.63, 3.8) is 0 Å². The van der Waals surface area contributed by atoms with E-state index in [2.05, 4.69) is 5.32 Å². The zero-order valence-electron chi connectivity index (χ0n) is 14.2. The molecule has 0 spiro atoms. The van der Waals surface area contributed by atoms with Gasteiger partial charge in [0.15, 0.2) is 0 Å². The van der Waals surface area contributed by atoms with Crippen molar-refractivity contribution >= 4 is 17.5 Å². The van der Waals surface area contributed by atoms with Gasteiger partial charge in [0.1, 0.15) is 5.82 Å². The monoisotopic (exact) mass is 353 g/mol. The molecule has 2 aliphatic heterocycles. The fourth-order valence-corrected chi connectivity index (χ4v) is 3.78. The van der Waals surface area contributed by atoms with Crippen LogP contribution in [0.25, 0.3) is 0 Å². The summed E-state index contributed by atoms with van der Waals surface area (Å²) in [5, 5.41) is 2.65. The number of rotatable bonds is 2. The molecule has 0 radical (unpaired) electrons. The highest BCUT2D eigenvalue weighted by molar-refractivity contribution is 5.98. The number of carbonyl (C=O) groups excluding carboxylic acids is 2. The van der Waals surface area contributed by atoms with Crippen LogP contribution in [-0.2, 0) is 11.2 Å². The molecule has 26 heavy (non-hydrogen) atoms. The molecule has 1 saturated heterocycles. The molecule has 2 aromatic rings. The molecule has 2 atom stereocenters. The second-order valence-electron chi connectivity index (χ2n) is 6.93. The number of halogens is 1. The second-order valence-corrected chi connectivity index (χ2v) is 6.93. The Balaban J connectivity index is 1.58. The number of anilines is 1. The average molecular weight is 353 g/mol. The lowest BCUT2D eigenvalue weighted by Crippen LogP contribution is -2.33. The van der Waals surface area contributed by atoms with Crippen LogP contribution in [0.1, 0.15) is 33.8 Å². The lowest BCUT2D eigenvalue weighted by atomic mass is 9.95. The Kier molecular flexibility index (Phi) is 4.20. The van der Waals surface area contributed by atoms with E-state index in [0.29, 0.717) is 31.6 Å². The maximum Gasteiger partial charge on any atom is 0.256 e. The van der Waals surface area contributed by atoms with Crippen molar-refractivity contribution in [1.82, 2.24) is 4.90 Å². The fourth-order valence-electron chi connectivity index (χ4n) is 3.78. The molecule has 2 aliphatic rings. The molecule has 1 fully saturated rings. The molecule has 2 amide bonds. The van der Waals surface area contributed by atoms with Crippen LogP contribution < -0.4 is 11.1 Å². The van der Waals surface area contributed by atoms with Crippen molar-refractivity contribution in [2.24, 2.45) is 5.73 Å². The minimum absolute atomic E-state index is 0.0418. The standard InChI is InChI=1S/C20H20FN3O2/c21-16-9-18-13(6-7-19(25)23-18)8-14(16)20(26)24-10-15(17(22)11-24)12-4-2-1-3-5-12/h1-5,8-9,15,17H,6-7,10-11,22H2,(H,23,25)/t15-,17+/m0/s1. The topological polar surface area (TPSA) is 75.4 Å². The molecule has 0 aromatic heterocycles. The third-order valence-electron chi connectivity index (χ3n) is 5.20. The average Bonchev–Trinajstić information content (AvgIpc) is 3.03. The number of aryl methyl sites for hydroxylation is 1. The smallest absolute Gasteiger partial charge is 0.256 e. The van der Waals surface area contributed by atoms with E-state index in [1.165, 1.54) is 6.07 Å². The normalized spacial score (nSPS) is 22.1. The molecular formula is C20H20FN3O2. The Morgan fingerprint density at radius 1 is 1.15 bits per heavy atom. The molecule has 6 heteroatoms. The van der Waals surface area contributed by atoms with E-state index in [1.807, 2.05) is 30.3 Å². The Labute approximate surface area is 151 Å². The van der Waals surface area contributed by atoms with Gasteiger partial charge in [-0.2, -0.15) is 0 Å². The molecule has 2 aromatic carbocycles. The molecule has 0 aliphatic carbocycles. The molecule has 0 bridgehead atoms. The number of nitrogens with one attached hydrogen (secondary N) is 1. The minimum atomic E-state index is -0.618. The molecule has 0 saturated carbocycles. The summed E-state index contributed by atoms with van der Waals surface area (Å²) in [7, 11) is 0. The predicted octanol–water partition coefficient (Wildman–Crippen LogP) is 2.28. The highest BCUT2D eigenvalue weighted by Crippen LogP contribution is 2.30. The molecule has 2 heterocycles. The number of nitrogens with two attached hydrogens (primary N) is 1. The number of amides is 2. The Morgan fingerprint density at radius 3 is 2.69 bits per heavy atom. The van der Waals surface area contributed by atoms with Crippen LogP contribution in [-0.4, -0.2) is 35.8 Å². The first-order valence-corrected chi connectivity index (χ1v) is 8.75. The van der Waals surface area contributed by atoms with Crippen LogP contribution in [0.2, 0.25) is 0 Å². The molecule has 134 valence electrons. The fraction of sp³-hybridized carbons (Fsp3) is 0.300. The van der Waals surface area contributed by atoms with E-state index in [1.54, 1.807) is 11.0 Å². The number of hydrogen-bond acceptors (Lipinski definition) is 3. The summed E-state index contributed by atoms with van der Waals surface area (Å²) in [5.74, 6) is -1.06. The van der Waals surface area contributed by atoms with E-state index in [0.717, 1.165) is 11.1 Å². The summed E-state index contributed by atoms with van der Waals surface area (Å²) in [4.78, 5) is 26.0. The van der Waals surface area contributed by atoms with Crippen LogP contribution >= 0.6 is 0 Å². The van der Waals surface area contributed by atoms with Crippen molar-refractivity contribution in [3.05, 3.63) is 65.0 Å². The summed E-state index contributed by atoms with van der Waals surface area (Å²) < 4.78 is 14.5. The van der Waals surface area contributed by atoms with Crippen LogP contribution in [0.5, 0.6) is 0 Å². The zero-order valence-corrected chi connectivity index (χ0v) is 14.2. The highest BCUT2D eigenvalue weighted by Gasteiger charge is 2.35. The van der Waals surface area contributed by atoms with E-state index in [4.69, 9.17) is 5.73 Å². The lowest BCUT2D eigenvalue weighted by molar-refractivity contribution is -0.116. The maximum atomic E-state index is 14.5. The number of hydrogen-bond donors (Lipinski definition) is 2.